The Morgan fingerprint density at radius 1 is 0.868 bits per heavy atom. The molecule has 0 radical (unpaired) electrons. The fourth-order valence-corrected chi connectivity index (χ4v) is 5.40. The van der Waals surface area contributed by atoms with Crippen molar-refractivity contribution in [3.63, 3.8) is 0 Å². The van der Waals surface area contributed by atoms with E-state index in [0.717, 1.165) is 24.5 Å². The van der Waals surface area contributed by atoms with Crippen LogP contribution in [0.5, 0.6) is 5.75 Å². The van der Waals surface area contributed by atoms with Crippen molar-refractivity contribution in [3.8, 4) is 5.75 Å². The standard InChI is InChI=1S/C31H44ClN3O2S/c1-2-3-4-5-6-7-8-9-10-11-12-13-21-37-30-19-18-28(23-29(30)32)34-31(36)33-27-16-14-26(15-17-27)24-35-20-22-38-25-35/h14-20,22-23H,2-13,21,24-25H2,1H3,(H2,33,34,36). The molecule has 0 unspecified atom stereocenters. The van der Waals surface area contributed by atoms with Gasteiger partial charge in [0.1, 0.15) is 5.75 Å². The molecule has 38 heavy (non-hydrogen) atoms. The minimum Gasteiger partial charge on any atom is -0.492 e. The van der Waals surface area contributed by atoms with Crippen LogP contribution in [0.3, 0.4) is 0 Å². The zero-order chi connectivity index (χ0) is 26.8. The molecule has 0 fully saturated rings. The first-order valence-electron chi connectivity index (χ1n) is 14.3. The molecule has 1 aliphatic heterocycles. The van der Waals surface area contributed by atoms with Crippen LogP contribution in [0, 0.1) is 0 Å². The second-order valence-corrected chi connectivity index (χ2v) is 11.3. The van der Waals surface area contributed by atoms with Crippen molar-refractivity contribution in [2.75, 3.05) is 23.1 Å². The summed E-state index contributed by atoms with van der Waals surface area (Å²) in [5.41, 5.74) is 2.57. The SMILES string of the molecule is CCCCCCCCCCCCCCOc1ccc(NC(=O)Nc2ccc(CN3C=CSC3)cc2)cc1Cl. The van der Waals surface area contributed by atoms with E-state index in [2.05, 4.69) is 34.1 Å². The van der Waals surface area contributed by atoms with Gasteiger partial charge in [-0.15, -0.1) is 11.8 Å². The quantitative estimate of drug-likeness (QED) is 0.179. The Balaban J connectivity index is 1.26. The van der Waals surface area contributed by atoms with Gasteiger partial charge < -0.3 is 20.3 Å². The normalized spacial score (nSPS) is 12.6. The molecule has 0 bridgehead atoms. The van der Waals surface area contributed by atoms with E-state index in [4.69, 9.17) is 16.3 Å². The number of carbonyl (C=O) groups is 1. The molecule has 2 aromatic rings. The molecule has 3 rings (SSSR count). The van der Waals surface area contributed by atoms with Crippen LogP contribution in [0.4, 0.5) is 16.2 Å². The number of nitrogens with zero attached hydrogens (tertiary/aromatic N) is 1. The molecule has 2 amide bonds. The molecule has 2 N–H and O–H groups in total. The summed E-state index contributed by atoms with van der Waals surface area (Å²) < 4.78 is 5.87. The highest BCUT2D eigenvalue weighted by Gasteiger charge is 2.08. The Labute approximate surface area is 238 Å². The summed E-state index contributed by atoms with van der Waals surface area (Å²) in [7, 11) is 0. The Morgan fingerprint density at radius 2 is 1.47 bits per heavy atom. The fraction of sp³-hybridized carbons (Fsp3) is 0.516. The molecule has 0 saturated heterocycles. The number of hydrogen-bond acceptors (Lipinski definition) is 4. The van der Waals surface area contributed by atoms with Crippen molar-refractivity contribution in [1.29, 1.82) is 0 Å². The lowest BCUT2D eigenvalue weighted by molar-refractivity contribution is 0.262. The number of halogens is 1. The first-order chi connectivity index (χ1) is 18.6. The predicted molar refractivity (Wildman–Crippen MR) is 164 cm³/mol. The maximum atomic E-state index is 12.4. The van der Waals surface area contributed by atoms with Crippen LogP contribution in [0.25, 0.3) is 0 Å². The number of thioether (sulfide) groups is 1. The number of nitrogens with one attached hydrogen (secondary N) is 2. The molecule has 7 heteroatoms. The van der Waals surface area contributed by atoms with Gasteiger partial charge in [0, 0.05) is 24.1 Å². The summed E-state index contributed by atoms with van der Waals surface area (Å²) in [6, 6.07) is 13.0. The number of hydrogen-bond donors (Lipinski definition) is 2. The zero-order valence-electron chi connectivity index (χ0n) is 22.9. The predicted octanol–water partition coefficient (Wildman–Crippen LogP) is 10.0. The zero-order valence-corrected chi connectivity index (χ0v) is 24.4. The summed E-state index contributed by atoms with van der Waals surface area (Å²) >= 11 is 8.19. The van der Waals surface area contributed by atoms with Gasteiger partial charge in [-0.05, 0) is 47.7 Å². The number of urea groups is 1. The lowest BCUT2D eigenvalue weighted by Crippen LogP contribution is -2.19. The lowest BCUT2D eigenvalue weighted by Gasteiger charge is -2.15. The van der Waals surface area contributed by atoms with Crippen LogP contribution in [0.1, 0.15) is 89.5 Å². The molecule has 5 nitrogen and oxygen atoms in total. The number of unbranched alkanes of at least 4 members (excludes halogenated alkanes) is 11. The van der Waals surface area contributed by atoms with E-state index in [-0.39, 0.29) is 6.03 Å². The Kier molecular flexibility index (Phi) is 14.4. The second-order valence-electron chi connectivity index (χ2n) is 9.99. The second kappa shape index (κ2) is 18.1. The van der Waals surface area contributed by atoms with Crippen molar-refractivity contribution in [2.24, 2.45) is 0 Å². The van der Waals surface area contributed by atoms with E-state index in [1.807, 2.05) is 36.4 Å². The summed E-state index contributed by atoms with van der Waals surface area (Å²) in [5.74, 6) is 1.64. The maximum absolute atomic E-state index is 12.4. The van der Waals surface area contributed by atoms with Crippen LogP contribution in [0.15, 0.2) is 54.1 Å². The molecule has 0 aromatic heterocycles. The molecular weight excluding hydrogens is 514 g/mol. The highest BCUT2D eigenvalue weighted by molar-refractivity contribution is 8.02. The van der Waals surface area contributed by atoms with Gasteiger partial charge in [0.25, 0.3) is 0 Å². The van der Waals surface area contributed by atoms with Crippen molar-refractivity contribution in [1.82, 2.24) is 4.90 Å². The summed E-state index contributed by atoms with van der Waals surface area (Å²) in [5, 5.41) is 8.31. The van der Waals surface area contributed by atoms with Gasteiger partial charge in [-0.2, -0.15) is 0 Å². The molecule has 0 aliphatic carbocycles. The largest absolute Gasteiger partial charge is 0.492 e. The van der Waals surface area contributed by atoms with E-state index in [1.165, 1.54) is 76.2 Å². The maximum Gasteiger partial charge on any atom is 0.323 e. The summed E-state index contributed by atoms with van der Waals surface area (Å²) in [6.07, 6.45) is 17.9. The van der Waals surface area contributed by atoms with E-state index >= 15 is 0 Å². The number of anilines is 2. The summed E-state index contributed by atoms with van der Waals surface area (Å²) in [4.78, 5) is 14.7. The number of ether oxygens (including phenoxy) is 1. The molecule has 2 aromatic carbocycles. The van der Waals surface area contributed by atoms with Gasteiger partial charge in [0.05, 0.1) is 17.5 Å². The Bertz CT molecular complexity index is 984. The molecular formula is C31H44ClN3O2S. The monoisotopic (exact) mass is 557 g/mol. The van der Waals surface area contributed by atoms with Gasteiger partial charge in [0.2, 0.25) is 0 Å². The highest BCUT2D eigenvalue weighted by atomic mass is 35.5. The molecule has 0 spiro atoms. The van der Waals surface area contributed by atoms with Crippen molar-refractivity contribution in [2.45, 2.75) is 90.5 Å². The third kappa shape index (κ3) is 12.0. The molecule has 1 aliphatic rings. The number of rotatable bonds is 18. The molecule has 0 saturated carbocycles. The highest BCUT2D eigenvalue weighted by Crippen LogP contribution is 2.28. The van der Waals surface area contributed by atoms with E-state index in [9.17, 15) is 4.79 Å². The topological polar surface area (TPSA) is 53.6 Å². The van der Waals surface area contributed by atoms with Crippen LogP contribution in [-0.4, -0.2) is 23.4 Å². The van der Waals surface area contributed by atoms with E-state index in [0.29, 0.717) is 23.1 Å². The number of benzene rings is 2. The number of amides is 2. The van der Waals surface area contributed by atoms with Gasteiger partial charge in [-0.3, -0.25) is 0 Å². The van der Waals surface area contributed by atoms with E-state index in [1.54, 1.807) is 17.8 Å². The van der Waals surface area contributed by atoms with Crippen LogP contribution >= 0.6 is 23.4 Å². The van der Waals surface area contributed by atoms with Gasteiger partial charge in [-0.25, -0.2) is 4.79 Å². The lowest BCUT2D eigenvalue weighted by atomic mass is 10.1. The number of carbonyl (C=O) groups excluding carboxylic acids is 1. The molecule has 208 valence electrons. The first kappa shape index (κ1) is 30.2. The molecule has 0 atom stereocenters. The Hall–Kier alpha value is -2.31. The van der Waals surface area contributed by atoms with Gasteiger partial charge in [0.15, 0.2) is 0 Å². The Morgan fingerprint density at radius 3 is 2.08 bits per heavy atom. The minimum atomic E-state index is -0.308. The van der Waals surface area contributed by atoms with Crippen molar-refractivity contribution < 1.29 is 9.53 Å². The van der Waals surface area contributed by atoms with Gasteiger partial charge >= 0.3 is 6.03 Å². The van der Waals surface area contributed by atoms with Crippen LogP contribution < -0.4 is 15.4 Å². The minimum absolute atomic E-state index is 0.308. The van der Waals surface area contributed by atoms with Crippen molar-refractivity contribution >= 4 is 40.8 Å². The average Bonchev–Trinajstić information content (AvgIpc) is 3.42. The van der Waals surface area contributed by atoms with E-state index < -0.39 is 0 Å². The third-order valence-corrected chi connectivity index (χ3v) is 7.74. The van der Waals surface area contributed by atoms with Crippen molar-refractivity contribution in [3.05, 3.63) is 64.7 Å². The first-order valence-corrected chi connectivity index (χ1v) is 15.7. The third-order valence-electron chi connectivity index (χ3n) is 6.65. The van der Waals surface area contributed by atoms with Crippen LogP contribution in [-0.2, 0) is 6.54 Å². The van der Waals surface area contributed by atoms with Crippen LogP contribution in [0.2, 0.25) is 5.02 Å². The smallest absolute Gasteiger partial charge is 0.323 e. The summed E-state index contributed by atoms with van der Waals surface area (Å²) in [6.45, 7) is 3.79. The molecule has 1 heterocycles. The fourth-order valence-electron chi connectivity index (χ4n) is 4.45. The average molecular weight is 558 g/mol. The van der Waals surface area contributed by atoms with Gasteiger partial charge in [-0.1, -0.05) is 101 Å².